The van der Waals surface area contributed by atoms with Gasteiger partial charge in [0.1, 0.15) is 0 Å². The van der Waals surface area contributed by atoms with Crippen molar-refractivity contribution in [1.29, 1.82) is 0 Å². The van der Waals surface area contributed by atoms with E-state index in [1.807, 2.05) is 13.0 Å². The van der Waals surface area contributed by atoms with Gasteiger partial charge in [0.2, 0.25) is 0 Å². The molecular formula is C22H27BrN2O2. The minimum absolute atomic E-state index is 0.623. The van der Waals surface area contributed by atoms with Gasteiger partial charge in [0.05, 0.1) is 13.2 Å². The Hall–Kier alpha value is -1.98. The van der Waals surface area contributed by atoms with Crippen LogP contribution in [-0.2, 0) is 13.0 Å². The third-order valence-electron chi connectivity index (χ3n) is 4.44. The van der Waals surface area contributed by atoms with E-state index in [4.69, 9.17) is 9.47 Å². The first-order valence-corrected chi connectivity index (χ1v) is 10.4. The zero-order valence-electron chi connectivity index (χ0n) is 16.0. The molecule has 144 valence electrons. The highest BCUT2D eigenvalue weighted by Crippen LogP contribution is 2.34. The van der Waals surface area contributed by atoms with Crippen molar-refractivity contribution in [3.8, 4) is 11.5 Å². The molecule has 0 aliphatic rings. The van der Waals surface area contributed by atoms with Crippen molar-refractivity contribution in [1.82, 2.24) is 10.3 Å². The summed E-state index contributed by atoms with van der Waals surface area (Å²) in [7, 11) is 0. The second-order valence-corrected chi connectivity index (χ2v) is 7.31. The summed E-state index contributed by atoms with van der Waals surface area (Å²) >= 11 is 3.67. The van der Waals surface area contributed by atoms with E-state index in [0.29, 0.717) is 13.2 Å². The van der Waals surface area contributed by atoms with Gasteiger partial charge in [-0.2, -0.15) is 0 Å². The van der Waals surface area contributed by atoms with Crippen molar-refractivity contribution in [2.45, 2.75) is 33.2 Å². The lowest BCUT2D eigenvalue weighted by molar-refractivity contribution is 0.276. The Labute approximate surface area is 169 Å². The van der Waals surface area contributed by atoms with Gasteiger partial charge >= 0.3 is 0 Å². The Kier molecular flexibility index (Phi) is 7.18. The highest BCUT2D eigenvalue weighted by atomic mass is 79.9. The molecule has 0 spiro atoms. The zero-order chi connectivity index (χ0) is 19.1. The summed E-state index contributed by atoms with van der Waals surface area (Å²) in [5, 5.41) is 4.84. The minimum Gasteiger partial charge on any atom is -0.490 e. The van der Waals surface area contributed by atoms with Crippen LogP contribution in [0.5, 0.6) is 11.5 Å². The third kappa shape index (κ3) is 5.05. The Bertz CT molecular complexity index is 876. The molecule has 0 amide bonds. The summed E-state index contributed by atoms with van der Waals surface area (Å²) in [5.41, 5.74) is 3.70. The lowest BCUT2D eigenvalue weighted by Crippen LogP contribution is -2.17. The number of hydrogen-bond donors (Lipinski definition) is 2. The van der Waals surface area contributed by atoms with Crippen LogP contribution in [0.3, 0.4) is 0 Å². The van der Waals surface area contributed by atoms with Crippen LogP contribution in [-0.4, -0.2) is 24.7 Å². The van der Waals surface area contributed by atoms with Crippen LogP contribution < -0.4 is 14.8 Å². The Balaban J connectivity index is 1.60. The summed E-state index contributed by atoms with van der Waals surface area (Å²) in [4.78, 5) is 3.33. The number of H-pyrrole nitrogens is 1. The van der Waals surface area contributed by atoms with E-state index in [9.17, 15) is 0 Å². The van der Waals surface area contributed by atoms with Gasteiger partial charge in [-0.1, -0.05) is 41.1 Å². The number of para-hydroxylation sites is 1. The van der Waals surface area contributed by atoms with Crippen LogP contribution in [0, 0.1) is 0 Å². The highest BCUT2D eigenvalue weighted by molar-refractivity contribution is 9.10. The van der Waals surface area contributed by atoms with Crippen LogP contribution in [0.2, 0.25) is 0 Å². The smallest absolute Gasteiger partial charge is 0.162 e. The quantitative estimate of drug-likeness (QED) is 0.420. The van der Waals surface area contributed by atoms with Crippen molar-refractivity contribution in [3.63, 3.8) is 0 Å². The summed E-state index contributed by atoms with van der Waals surface area (Å²) in [6, 6.07) is 12.5. The van der Waals surface area contributed by atoms with Gasteiger partial charge in [0, 0.05) is 28.1 Å². The van der Waals surface area contributed by atoms with Gasteiger partial charge in [0.25, 0.3) is 0 Å². The second-order valence-electron chi connectivity index (χ2n) is 6.46. The molecule has 4 nitrogen and oxygen atoms in total. The van der Waals surface area contributed by atoms with Crippen molar-refractivity contribution < 1.29 is 9.47 Å². The molecule has 0 saturated carbocycles. The largest absolute Gasteiger partial charge is 0.490 e. The lowest BCUT2D eigenvalue weighted by atomic mass is 10.1. The number of benzene rings is 2. The summed E-state index contributed by atoms with van der Waals surface area (Å²) in [5.74, 6) is 1.61. The molecule has 3 aromatic rings. The predicted molar refractivity (Wildman–Crippen MR) is 115 cm³/mol. The molecule has 2 N–H and O–H groups in total. The molecule has 1 heterocycles. The number of hydrogen-bond acceptors (Lipinski definition) is 3. The second kappa shape index (κ2) is 9.81. The fourth-order valence-electron chi connectivity index (χ4n) is 3.09. The number of aromatic amines is 1. The molecule has 0 saturated heterocycles. The normalized spacial score (nSPS) is 11.1. The topological polar surface area (TPSA) is 46.3 Å². The fraction of sp³-hybridized carbons (Fsp3) is 0.364. The molecule has 27 heavy (non-hydrogen) atoms. The van der Waals surface area contributed by atoms with Crippen LogP contribution in [0.1, 0.15) is 31.4 Å². The molecule has 3 rings (SSSR count). The van der Waals surface area contributed by atoms with E-state index in [1.165, 1.54) is 22.0 Å². The third-order valence-corrected chi connectivity index (χ3v) is 5.17. The molecule has 2 aromatic carbocycles. The Morgan fingerprint density at radius 2 is 1.85 bits per heavy atom. The van der Waals surface area contributed by atoms with E-state index in [1.54, 1.807) is 0 Å². The maximum atomic E-state index is 5.81. The molecule has 0 unspecified atom stereocenters. The monoisotopic (exact) mass is 430 g/mol. The van der Waals surface area contributed by atoms with E-state index in [0.717, 1.165) is 41.9 Å². The van der Waals surface area contributed by atoms with Gasteiger partial charge in [-0.3, -0.25) is 0 Å². The van der Waals surface area contributed by atoms with Crippen LogP contribution in [0.15, 0.2) is 47.1 Å². The van der Waals surface area contributed by atoms with Gasteiger partial charge in [-0.25, -0.2) is 0 Å². The molecule has 0 fully saturated rings. The average molecular weight is 431 g/mol. The number of nitrogens with one attached hydrogen (secondary N) is 2. The molecule has 0 radical (unpaired) electrons. The lowest BCUT2D eigenvalue weighted by Gasteiger charge is -2.15. The number of rotatable bonds is 10. The molecule has 0 atom stereocenters. The summed E-state index contributed by atoms with van der Waals surface area (Å²) in [6.45, 7) is 7.09. The molecular weight excluding hydrogens is 404 g/mol. The van der Waals surface area contributed by atoms with Crippen molar-refractivity contribution in [3.05, 3.63) is 58.2 Å². The van der Waals surface area contributed by atoms with E-state index >= 15 is 0 Å². The van der Waals surface area contributed by atoms with Gasteiger partial charge in [-0.15, -0.1) is 0 Å². The van der Waals surface area contributed by atoms with Crippen LogP contribution in [0.25, 0.3) is 10.9 Å². The fourth-order valence-corrected chi connectivity index (χ4v) is 3.55. The van der Waals surface area contributed by atoms with Crippen LogP contribution in [0.4, 0.5) is 0 Å². The van der Waals surface area contributed by atoms with Crippen molar-refractivity contribution >= 4 is 26.8 Å². The average Bonchev–Trinajstić information content (AvgIpc) is 3.09. The SMILES string of the molecule is CCCOc1cc(Br)c(CNCCc2c[nH]c3ccccc23)cc1OCC. The number of fused-ring (bicyclic) bond motifs is 1. The molecule has 0 bridgehead atoms. The maximum Gasteiger partial charge on any atom is 0.162 e. The van der Waals surface area contributed by atoms with E-state index in [-0.39, 0.29) is 0 Å². The Morgan fingerprint density at radius 3 is 2.67 bits per heavy atom. The van der Waals surface area contributed by atoms with E-state index in [2.05, 4.69) is 69.7 Å². The van der Waals surface area contributed by atoms with Gasteiger partial charge < -0.3 is 19.8 Å². The number of halogens is 1. The first kappa shape index (κ1) is 19.8. The summed E-state index contributed by atoms with van der Waals surface area (Å²) < 4.78 is 12.6. The van der Waals surface area contributed by atoms with E-state index < -0.39 is 0 Å². The number of ether oxygens (including phenoxy) is 2. The zero-order valence-corrected chi connectivity index (χ0v) is 17.6. The van der Waals surface area contributed by atoms with Gasteiger partial charge in [0.15, 0.2) is 11.5 Å². The minimum atomic E-state index is 0.623. The highest BCUT2D eigenvalue weighted by Gasteiger charge is 2.11. The molecule has 0 aliphatic heterocycles. The molecule has 5 heteroatoms. The van der Waals surface area contributed by atoms with Crippen molar-refractivity contribution in [2.24, 2.45) is 0 Å². The van der Waals surface area contributed by atoms with Crippen LogP contribution >= 0.6 is 15.9 Å². The standard InChI is InChI=1S/C22H27BrN2O2/c1-3-11-27-22-13-19(23)17(12-21(22)26-4-2)14-24-10-9-16-15-25-20-8-6-5-7-18(16)20/h5-8,12-13,15,24-25H,3-4,9-11,14H2,1-2H3. The predicted octanol–water partition coefficient (Wildman–Crippen LogP) is 5.45. The Morgan fingerprint density at radius 1 is 1.04 bits per heavy atom. The van der Waals surface area contributed by atoms with Gasteiger partial charge in [-0.05, 0) is 55.6 Å². The molecule has 0 aliphatic carbocycles. The number of aromatic nitrogens is 1. The molecule has 1 aromatic heterocycles. The first-order valence-electron chi connectivity index (χ1n) is 9.56. The first-order chi connectivity index (χ1) is 13.2. The summed E-state index contributed by atoms with van der Waals surface area (Å²) in [6.07, 6.45) is 4.06. The maximum absolute atomic E-state index is 5.81. The van der Waals surface area contributed by atoms with Crippen molar-refractivity contribution in [2.75, 3.05) is 19.8 Å².